The van der Waals surface area contributed by atoms with E-state index in [4.69, 9.17) is 0 Å². The van der Waals surface area contributed by atoms with Gasteiger partial charge in [0.05, 0.1) is 17.5 Å². The van der Waals surface area contributed by atoms with Crippen LogP contribution in [0.2, 0.25) is 0 Å². The van der Waals surface area contributed by atoms with Gasteiger partial charge >= 0.3 is 0 Å². The van der Waals surface area contributed by atoms with Crippen LogP contribution in [0, 0.1) is 6.92 Å². The minimum absolute atomic E-state index is 0.0801. The largest absolute Gasteiger partial charge is 0.312 e. The van der Waals surface area contributed by atoms with E-state index in [1.54, 1.807) is 11.3 Å². The van der Waals surface area contributed by atoms with Gasteiger partial charge in [-0.1, -0.05) is 0 Å². The lowest BCUT2D eigenvalue weighted by atomic mass is 10.2. The molecule has 0 aliphatic carbocycles. The lowest BCUT2D eigenvalue weighted by Gasteiger charge is -2.24. The molecule has 0 radical (unpaired) electrons. The van der Waals surface area contributed by atoms with Gasteiger partial charge in [0.2, 0.25) is 0 Å². The number of sulfone groups is 1. The number of nitrogens with zero attached hydrogens (tertiary/aromatic N) is 1. The fourth-order valence-electron chi connectivity index (χ4n) is 2.19. The fourth-order valence-corrected chi connectivity index (χ4v) is 4.48. The number of aryl methyl sites for hydroxylation is 1. The first-order valence-electron chi connectivity index (χ1n) is 6.56. The van der Waals surface area contributed by atoms with Crippen LogP contribution in [0.25, 0.3) is 0 Å². The molecule has 2 unspecified atom stereocenters. The van der Waals surface area contributed by atoms with Crippen LogP contribution in [0.15, 0.2) is 6.20 Å². The molecule has 2 atom stereocenters. The van der Waals surface area contributed by atoms with Gasteiger partial charge in [-0.2, -0.15) is 0 Å². The molecule has 1 aliphatic rings. The van der Waals surface area contributed by atoms with E-state index in [2.05, 4.69) is 22.5 Å². The predicted molar refractivity (Wildman–Crippen MR) is 78.3 cm³/mol. The SMILES string of the molecule is Cc1cnc(C(C)NCCC2CS(=O)(=O)CCN2)s1. The van der Waals surface area contributed by atoms with Crippen molar-refractivity contribution in [2.75, 3.05) is 24.6 Å². The number of rotatable bonds is 5. The molecule has 1 saturated heterocycles. The van der Waals surface area contributed by atoms with Crippen molar-refractivity contribution in [3.05, 3.63) is 16.1 Å². The van der Waals surface area contributed by atoms with Gasteiger partial charge in [0.15, 0.2) is 9.84 Å². The van der Waals surface area contributed by atoms with Crippen molar-refractivity contribution in [3.8, 4) is 0 Å². The van der Waals surface area contributed by atoms with Gasteiger partial charge in [0.25, 0.3) is 0 Å². The maximum absolute atomic E-state index is 11.5. The van der Waals surface area contributed by atoms with Crippen LogP contribution in [-0.2, 0) is 9.84 Å². The highest BCUT2D eigenvalue weighted by Gasteiger charge is 2.23. The highest BCUT2D eigenvalue weighted by atomic mass is 32.2. The first-order valence-corrected chi connectivity index (χ1v) is 9.19. The third-order valence-electron chi connectivity index (χ3n) is 3.25. The van der Waals surface area contributed by atoms with E-state index < -0.39 is 9.84 Å². The second kappa shape index (κ2) is 6.30. The maximum Gasteiger partial charge on any atom is 0.153 e. The predicted octanol–water partition coefficient (Wildman–Crippen LogP) is 0.879. The smallest absolute Gasteiger partial charge is 0.153 e. The summed E-state index contributed by atoms with van der Waals surface area (Å²) in [6, 6.07) is 0.301. The Morgan fingerprint density at radius 1 is 1.63 bits per heavy atom. The molecule has 2 N–H and O–H groups in total. The third kappa shape index (κ3) is 4.52. The van der Waals surface area contributed by atoms with Gasteiger partial charge < -0.3 is 10.6 Å². The molecule has 1 fully saturated rings. The molecule has 0 amide bonds. The Hall–Kier alpha value is -0.500. The second-order valence-corrected chi connectivity index (χ2v) is 8.53. The molecule has 2 rings (SSSR count). The highest BCUT2D eigenvalue weighted by Crippen LogP contribution is 2.18. The van der Waals surface area contributed by atoms with Crippen LogP contribution in [-0.4, -0.2) is 44.0 Å². The monoisotopic (exact) mass is 303 g/mol. The zero-order valence-corrected chi connectivity index (χ0v) is 13.0. The Bertz CT molecular complexity index is 513. The lowest BCUT2D eigenvalue weighted by Crippen LogP contribution is -2.46. The molecule has 1 aromatic heterocycles. The Kier molecular flexibility index (Phi) is 4.94. The summed E-state index contributed by atoms with van der Waals surface area (Å²) in [5, 5.41) is 7.75. The Morgan fingerprint density at radius 2 is 2.42 bits per heavy atom. The van der Waals surface area contributed by atoms with Crippen LogP contribution >= 0.6 is 11.3 Å². The van der Waals surface area contributed by atoms with Crippen molar-refractivity contribution in [3.63, 3.8) is 0 Å². The molecule has 108 valence electrons. The summed E-state index contributed by atoms with van der Waals surface area (Å²) >= 11 is 1.70. The standard InChI is InChI=1S/C12H21N3O2S2/c1-9-7-15-12(18-9)10(2)13-4-3-11-8-19(16,17)6-5-14-11/h7,10-11,13-14H,3-6,8H2,1-2H3. The van der Waals surface area contributed by atoms with E-state index in [9.17, 15) is 8.42 Å². The van der Waals surface area contributed by atoms with E-state index in [1.807, 2.05) is 13.1 Å². The first kappa shape index (κ1) is 14.9. The van der Waals surface area contributed by atoms with Crippen molar-refractivity contribution < 1.29 is 8.42 Å². The molecule has 0 saturated carbocycles. The lowest BCUT2D eigenvalue weighted by molar-refractivity contribution is 0.462. The molecular weight excluding hydrogens is 282 g/mol. The summed E-state index contributed by atoms with van der Waals surface area (Å²) in [6.07, 6.45) is 2.71. The Balaban J connectivity index is 1.74. The number of thiazole rings is 1. The maximum atomic E-state index is 11.5. The van der Waals surface area contributed by atoms with Crippen LogP contribution in [0.5, 0.6) is 0 Å². The van der Waals surface area contributed by atoms with Crippen molar-refractivity contribution in [1.82, 2.24) is 15.6 Å². The number of hydrogen-bond acceptors (Lipinski definition) is 6. The van der Waals surface area contributed by atoms with Crippen LogP contribution in [0.3, 0.4) is 0 Å². The van der Waals surface area contributed by atoms with Crippen LogP contribution in [0.1, 0.15) is 29.3 Å². The van der Waals surface area contributed by atoms with Gasteiger partial charge in [-0.15, -0.1) is 11.3 Å². The van der Waals surface area contributed by atoms with Crippen LogP contribution in [0.4, 0.5) is 0 Å². The molecule has 19 heavy (non-hydrogen) atoms. The quantitative estimate of drug-likeness (QED) is 0.845. The zero-order chi connectivity index (χ0) is 13.9. The molecule has 0 bridgehead atoms. The summed E-state index contributed by atoms with van der Waals surface area (Å²) in [4.78, 5) is 5.56. The minimum Gasteiger partial charge on any atom is -0.312 e. The molecule has 0 spiro atoms. The summed E-state index contributed by atoms with van der Waals surface area (Å²) in [5.41, 5.74) is 0. The molecule has 1 aromatic rings. The summed E-state index contributed by atoms with van der Waals surface area (Å²) < 4.78 is 23.0. The van der Waals surface area contributed by atoms with Crippen molar-refractivity contribution >= 4 is 21.2 Å². The molecule has 2 heterocycles. The van der Waals surface area contributed by atoms with Crippen molar-refractivity contribution in [2.24, 2.45) is 0 Å². The summed E-state index contributed by atoms with van der Waals surface area (Å²) in [5.74, 6) is 0.533. The van der Waals surface area contributed by atoms with Gasteiger partial charge in [0.1, 0.15) is 5.01 Å². The van der Waals surface area contributed by atoms with E-state index in [0.29, 0.717) is 6.54 Å². The zero-order valence-electron chi connectivity index (χ0n) is 11.3. The van der Waals surface area contributed by atoms with Gasteiger partial charge in [-0.25, -0.2) is 13.4 Å². The van der Waals surface area contributed by atoms with E-state index >= 15 is 0 Å². The topological polar surface area (TPSA) is 71.1 Å². The van der Waals surface area contributed by atoms with E-state index in [-0.39, 0.29) is 23.6 Å². The Labute approximate surface area is 118 Å². The molecule has 5 nitrogen and oxygen atoms in total. The average molecular weight is 303 g/mol. The molecule has 0 aromatic carbocycles. The molecule has 7 heteroatoms. The third-order valence-corrected chi connectivity index (χ3v) is 6.09. The normalized spacial score (nSPS) is 24.2. The van der Waals surface area contributed by atoms with Crippen molar-refractivity contribution in [1.29, 1.82) is 0 Å². The number of aromatic nitrogens is 1. The summed E-state index contributed by atoms with van der Waals surface area (Å²) in [6.45, 7) is 5.51. The molecular formula is C12H21N3O2S2. The average Bonchev–Trinajstić information content (AvgIpc) is 2.74. The fraction of sp³-hybridized carbons (Fsp3) is 0.750. The number of nitrogens with one attached hydrogen (secondary N) is 2. The van der Waals surface area contributed by atoms with Gasteiger partial charge in [-0.3, -0.25) is 0 Å². The van der Waals surface area contributed by atoms with E-state index in [1.165, 1.54) is 4.88 Å². The van der Waals surface area contributed by atoms with Gasteiger partial charge in [0, 0.05) is 23.7 Å². The Morgan fingerprint density at radius 3 is 3.05 bits per heavy atom. The van der Waals surface area contributed by atoms with E-state index in [0.717, 1.165) is 18.0 Å². The second-order valence-electron chi connectivity index (χ2n) is 5.04. The summed E-state index contributed by atoms with van der Waals surface area (Å²) in [7, 11) is -2.83. The highest BCUT2D eigenvalue weighted by molar-refractivity contribution is 7.91. The minimum atomic E-state index is -2.83. The first-order chi connectivity index (χ1) is 8.96. The van der Waals surface area contributed by atoms with Crippen LogP contribution < -0.4 is 10.6 Å². The van der Waals surface area contributed by atoms with Gasteiger partial charge in [-0.05, 0) is 26.8 Å². The number of hydrogen-bond donors (Lipinski definition) is 2. The van der Waals surface area contributed by atoms with Crippen molar-refractivity contribution in [2.45, 2.75) is 32.4 Å². The molecule has 1 aliphatic heterocycles.